The number of rotatable bonds is 7. The molecule has 1 spiro atoms. The van der Waals surface area contributed by atoms with Crippen molar-refractivity contribution in [1.82, 2.24) is 15.1 Å². The monoisotopic (exact) mass is 607 g/mol. The number of likely N-dealkylation sites (tertiary alicyclic amines) is 1. The van der Waals surface area contributed by atoms with Crippen molar-refractivity contribution in [3.63, 3.8) is 0 Å². The third-order valence-electron chi connectivity index (χ3n) is 9.18. The summed E-state index contributed by atoms with van der Waals surface area (Å²) in [6.45, 7) is 6.70. The summed E-state index contributed by atoms with van der Waals surface area (Å²) in [6.07, 6.45) is 10.1. The zero-order valence-electron chi connectivity index (χ0n) is 25.9. The summed E-state index contributed by atoms with van der Waals surface area (Å²) in [6, 6.07) is 7.75. The highest BCUT2D eigenvalue weighted by atomic mass is 16.5. The number of ether oxygens (including phenoxy) is 2. The zero-order chi connectivity index (χ0) is 31.5. The first-order valence-corrected chi connectivity index (χ1v) is 15.8. The predicted octanol–water partition coefficient (Wildman–Crippen LogP) is 3.07. The van der Waals surface area contributed by atoms with E-state index >= 15 is 0 Å². The fraction of sp³-hybridized carbons (Fsp3) is 0.588. The molecule has 238 valence electrons. The van der Waals surface area contributed by atoms with E-state index in [1.54, 1.807) is 22.0 Å². The van der Waals surface area contributed by atoms with E-state index in [0.29, 0.717) is 32.4 Å². The van der Waals surface area contributed by atoms with Gasteiger partial charge < -0.3 is 29.7 Å². The minimum absolute atomic E-state index is 0.0399. The molecule has 0 bridgehead atoms. The second-order valence-corrected chi connectivity index (χ2v) is 13.2. The van der Waals surface area contributed by atoms with Gasteiger partial charge in [-0.1, -0.05) is 67.5 Å². The molecule has 2 fully saturated rings. The van der Waals surface area contributed by atoms with Crippen molar-refractivity contribution < 1.29 is 33.8 Å². The average Bonchev–Trinajstić information content (AvgIpc) is 3.36. The van der Waals surface area contributed by atoms with Gasteiger partial charge in [0.05, 0.1) is 24.0 Å². The third-order valence-corrected chi connectivity index (χ3v) is 9.18. The molecule has 2 saturated heterocycles. The van der Waals surface area contributed by atoms with Gasteiger partial charge in [0.25, 0.3) is 0 Å². The van der Waals surface area contributed by atoms with Gasteiger partial charge >= 0.3 is 5.97 Å². The molecule has 5 rings (SSSR count). The Bertz CT molecular complexity index is 1290. The highest BCUT2D eigenvalue weighted by Gasteiger charge is 2.71. The number of allylic oxidation sites excluding steroid dienone is 1. The summed E-state index contributed by atoms with van der Waals surface area (Å²) in [5, 5.41) is 12.3. The van der Waals surface area contributed by atoms with Crippen molar-refractivity contribution in [3.05, 3.63) is 60.2 Å². The van der Waals surface area contributed by atoms with Gasteiger partial charge in [0.2, 0.25) is 17.7 Å². The number of aliphatic hydroxyl groups excluding tert-OH is 1. The van der Waals surface area contributed by atoms with Gasteiger partial charge in [0, 0.05) is 31.7 Å². The van der Waals surface area contributed by atoms with E-state index in [2.05, 4.69) is 5.32 Å². The largest absolute Gasteiger partial charge is 0.463 e. The summed E-state index contributed by atoms with van der Waals surface area (Å²) < 4.78 is 12.3. The van der Waals surface area contributed by atoms with Crippen LogP contribution in [0.1, 0.15) is 70.9 Å². The molecule has 4 aliphatic rings. The van der Waals surface area contributed by atoms with Gasteiger partial charge in [-0.15, -0.1) is 0 Å². The third kappa shape index (κ3) is 6.19. The van der Waals surface area contributed by atoms with Gasteiger partial charge in [-0.2, -0.15) is 0 Å². The highest BCUT2D eigenvalue weighted by molar-refractivity contribution is 6.00. The Hall–Kier alpha value is -3.50. The van der Waals surface area contributed by atoms with Crippen molar-refractivity contribution in [2.45, 2.75) is 88.6 Å². The number of carbonyl (C=O) groups is 4. The Morgan fingerprint density at radius 2 is 1.75 bits per heavy atom. The first-order valence-electron chi connectivity index (χ1n) is 15.8. The van der Waals surface area contributed by atoms with Gasteiger partial charge in [0.1, 0.15) is 18.2 Å². The molecule has 44 heavy (non-hydrogen) atoms. The quantitative estimate of drug-likeness (QED) is 0.277. The van der Waals surface area contributed by atoms with Gasteiger partial charge in [-0.25, -0.2) is 0 Å². The average molecular weight is 608 g/mol. The maximum atomic E-state index is 14.5. The van der Waals surface area contributed by atoms with Crippen LogP contribution in [0.5, 0.6) is 0 Å². The molecule has 4 aliphatic heterocycles. The van der Waals surface area contributed by atoms with Crippen molar-refractivity contribution >= 4 is 23.7 Å². The molecule has 4 heterocycles. The van der Waals surface area contributed by atoms with Crippen molar-refractivity contribution in [1.29, 1.82) is 0 Å². The Morgan fingerprint density at radius 1 is 1.00 bits per heavy atom. The van der Waals surface area contributed by atoms with Crippen LogP contribution in [-0.4, -0.2) is 88.2 Å². The molecule has 0 aliphatic carbocycles. The molecule has 2 N–H and O–H groups in total. The fourth-order valence-electron chi connectivity index (χ4n) is 7.03. The summed E-state index contributed by atoms with van der Waals surface area (Å²) >= 11 is 0. The van der Waals surface area contributed by atoms with E-state index in [-0.39, 0.29) is 43.3 Å². The van der Waals surface area contributed by atoms with Gasteiger partial charge in [-0.3, -0.25) is 19.2 Å². The Balaban J connectivity index is 1.55. The van der Waals surface area contributed by atoms with Crippen LogP contribution in [0.25, 0.3) is 0 Å². The summed E-state index contributed by atoms with van der Waals surface area (Å²) in [4.78, 5) is 59.0. The summed E-state index contributed by atoms with van der Waals surface area (Å²) in [5.74, 6) is -3.04. The van der Waals surface area contributed by atoms with Crippen LogP contribution in [-0.2, 0) is 28.7 Å². The number of esters is 1. The molecule has 0 saturated carbocycles. The van der Waals surface area contributed by atoms with Gasteiger partial charge in [-0.05, 0) is 45.6 Å². The zero-order valence-corrected chi connectivity index (χ0v) is 25.9. The van der Waals surface area contributed by atoms with E-state index in [0.717, 1.165) is 18.4 Å². The number of hydrogen-bond donors (Lipinski definition) is 2. The molecule has 1 aromatic carbocycles. The normalized spacial score (nSPS) is 31.7. The SMILES string of the molecule is CC(C)(C)N1CC=C[C@@]23O[C@H]4/C=C\CCC(=O)OC[C@H](c5ccccc5)NC(=O)[C@H]4[C@@H]2C(=O)N(CCCCCCO)[C@H]3C1=O. The second-order valence-electron chi connectivity index (χ2n) is 13.2. The Morgan fingerprint density at radius 3 is 2.48 bits per heavy atom. The minimum atomic E-state index is -1.33. The molecule has 0 aromatic heterocycles. The van der Waals surface area contributed by atoms with E-state index in [4.69, 9.17) is 9.47 Å². The smallest absolute Gasteiger partial charge is 0.306 e. The van der Waals surface area contributed by atoms with E-state index < -0.39 is 41.2 Å². The molecule has 1 aromatic rings. The lowest BCUT2D eigenvalue weighted by Gasteiger charge is -2.40. The molecule has 10 heteroatoms. The maximum Gasteiger partial charge on any atom is 0.306 e. The molecule has 0 radical (unpaired) electrons. The topological polar surface area (TPSA) is 125 Å². The first kappa shape index (κ1) is 31.9. The van der Waals surface area contributed by atoms with Crippen molar-refractivity contribution in [3.8, 4) is 0 Å². The lowest BCUT2D eigenvalue weighted by atomic mass is 9.77. The number of unbranched alkanes of at least 4 members (excludes halogenated alkanes) is 3. The Kier molecular flexibility index (Phi) is 9.60. The Labute approximate surface area is 259 Å². The maximum absolute atomic E-state index is 14.5. The molecular weight excluding hydrogens is 562 g/mol. The number of carbonyl (C=O) groups excluding carboxylic acids is 4. The first-order chi connectivity index (χ1) is 21.1. The van der Waals surface area contributed by atoms with Gasteiger partial charge in [0.15, 0.2) is 0 Å². The highest BCUT2D eigenvalue weighted by Crippen LogP contribution is 2.53. The molecule has 6 atom stereocenters. The minimum Gasteiger partial charge on any atom is -0.463 e. The lowest BCUT2D eigenvalue weighted by Crippen LogP contribution is -2.58. The number of aliphatic hydroxyl groups is 1. The lowest BCUT2D eigenvalue weighted by molar-refractivity contribution is -0.151. The number of nitrogens with zero attached hydrogens (tertiary/aromatic N) is 2. The molecular formula is C34H45N3O7. The van der Waals surface area contributed by atoms with E-state index in [1.165, 1.54) is 0 Å². The second kappa shape index (κ2) is 13.2. The van der Waals surface area contributed by atoms with Crippen molar-refractivity contribution in [2.24, 2.45) is 11.8 Å². The van der Waals surface area contributed by atoms with Crippen LogP contribution < -0.4 is 5.32 Å². The molecule has 10 nitrogen and oxygen atoms in total. The molecule has 3 amide bonds. The van der Waals surface area contributed by atoms with Crippen LogP contribution >= 0.6 is 0 Å². The van der Waals surface area contributed by atoms with E-state index in [1.807, 2.05) is 63.3 Å². The van der Waals surface area contributed by atoms with Crippen LogP contribution in [0.3, 0.4) is 0 Å². The van der Waals surface area contributed by atoms with Crippen LogP contribution in [0.2, 0.25) is 0 Å². The molecule has 0 unspecified atom stereocenters. The number of benzene rings is 1. The number of fused-ring (bicyclic) bond motifs is 2. The number of hydrogen-bond acceptors (Lipinski definition) is 7. The van der Waals surface area contributed by atoms with Crippen LogP contribution in [0, 0.1) is 11.8 Å². The van der Waals surface area contributed by atoms with E-state index in [9.17, 15) is 24.3 Å². The van der Waals surface area contributed by atoms with Crippen molar-refractivity contribution in [2.75, 3.05) is 26.3 Å². The number of nitrogens with one attached hydrogen (secondary N) is 1. The van der Waals surface area contributed by atoms with Crippen LogP contribution in [0.15, 0.2) is 54.6 Å². The summed E-state index contributed by atoms with van der Waals surface area (Å²) in [7, 11) is 0. The standard InChI is InChI=1S/C34H45N3O7/c1-33(2,3)37-20-13-18-34-28(31(41)36(29(34)32(37)42)19-11-4-5-12-21-38)27-25(44-34)16-9-10-17-26(39)43-22-24(35-30(27)40)23-14-7-6-8-15-23/h6-9,13-16,18,24-25,27-29,38H,4-5,10-12,17,19-22H2,1-3H3,(H,35,40)/b16-9-/t24-,25+,27-,28-,29+,34-/m1/s1. The number of cyclic esters (lactones) is 1. The fourth-order valence-corrected chi connectivity index (χ4v) is 7.03. The summed E-state index contributed by atoms with van der Waals surface area (Å²) in [5.41, 5.74) is -1.05. The van der Waals surface area contributed by atoms with Crippen LogP contribution in [0.4, 0.5) is 0 Å². The number of amides is 3. The predicted molar refractivity (Wildman–Crippen MR) is 163 cm³/mol.